The van der Waals surface area contributed by atoms with Gasteiger partial charge in [-0.3, -0.25) is 4.90 Å². The highest BCUT2D eigenvalue weighted by atomic mass is 16.5. The summed E-state index contributed by atoms with van der Waals surface area (Å²) in [6.45, 7) is 13.6. The fraction of sp³-hybridized carbons (Fsp3) is 1.00. The molecule has 3 unspecified atom stereocenters. The van der Waals surface area contributed by atoms with Crippen molar-refractivity contribution in [2.75, 3.05) is 26.3 Å². The lowest BCUT2D eigenvalue weighted by Crippen LogP contribution is -2.60. The van der Waals surface area contributed by atoms with E-state index in [0.717, 1.165) is 26.3 Å². The summed E-state index contributed by atoms with van der Waals surface area (Å²) in [5.41, 5.74) is 0.492. The van der Waals surface area contributed by atoms with Crippen LogP contribution in [0.4, 0.5) is 0 Å². The lowest BCUT2D eigenvalue weighted by molar-refractivity contribution is -0.0565. The standard InChI is InChI=1S/C17H34N2O/c1-5-9-18-15-7-8-17(3,4)12-16(15)19-10-11-20-13-14(19)6-2/h14-16,18H,5-13H2,1-4H3. The summed E-state index contributed by atoms with van der Waals surface area (Å²) in [7, 11) is 0. The Morgan fingerprint density at radius 2 is 2.10 bits per heavy atom. The molecule has 1 N–H and O–H groups in total. The van der Waals surface area contributed by atoms with E-state index in [4.69, 9.17) is 4.74 Å². The topological polar surface area (TPSA) is 24.5 Å². The highest BCUT2D eigenvalue weighted by Gasteiger charge is 2.40. The first-order chi connectivity index (χ1) is 9.57. The molecule has 0 bridgehead atoms. The van der Waals surface area contributed by atoms with E-state index in [9.17, 15) is 0 Å². The molecule has 118 valence electrons. The smallest absolute Gasteiger partial charge is 0.0622 e. The Hall–Kier alpha value is -0.120. The van der Waals surface area contributed by atoms with Gasteiger partial charge in [-0.25, -0.2) is 0 Å². The number of nitrogens with one attached hydrogen (secondary N) is 1. The predicted octanol–water partition coefficient (Wildman–Crippen LogP) is 3.04. The normalized spacial score (nSPS) is 35.1. The fourth-order valence-electron chi connectivity index (χ4n) is 3.92. The lowest BCUT2D eigenvalue weighted by Gasteiger charge is -2.50. The van der Waals surface area contributed by atoms with Crippen molar-refractivity contribution in [3.63, 3.8) is 0 Å². The minimum Gasteiger partial charge on any atom is -0.378 e. The Morgan fingerprint density at radius 3 is 2.80 bits per heavy atom. The zero-order valence-corrected chi connectivity index (χ0v) is 14.0. The molecule has 0 aromatic rings. The van der Waals surface area contributed by atoms with Gasteiger partial charge >= 0.3 is 0 Å². The van der Waals surface area contributed by atoms with Crippen molar-refractivity contribution in [1.29, 1.82) is 0 Å². The van der Waals surface area contributed by atoms with Crippen LogP contribution in [-0.4, -0.2) is 49.3 Å². The first-order valence-corrected chi connectivity index (χ1v) is 8.64. The SMILES string of the molecule is CCCNC1CCC(C)(C)CC1N1CCOCC1CC. The maximum atomic E-state index is 5.70. The van der Waals surface area contributed by atoms with Gasteiger partial charge < -0.3 is 10.1 Å². The second kappa shape index (κ2) is 7.24. The van der Waals surface area contributed by atoms with Gasteiger partial charge in [0, 0.05) is 24.7 Å². The van der Waals surface area contributed by atoms with Crippen LogP contribution < -0.4 is 5.32 Å². The van der Waals surface area contributed by atoms with Gasteiger partial charge in [-0.1, -0.05) is 27.7 Å². The van der Waals surface area contributed by atoms with Crippen molar-refractivity contribution in [1.82, 2.24) is 10.2 Å². The van der Waals surface area contributed by atoms with Crippen LogP contribution in [0.5, 0.6) is 0 Å². The van der Waals surface area contributed by atoms with E-state index in [1.807, 2.05) is 0 Å². The largest absolute Gasteiger partial charge is 0.378 e. The second-order valence-corrected chi connectivity index (χ2v) is 7.41. The van der Waals surface area contributed by atoms with Crippen molar-refractivity contribution in [3.8, 4) is 0 Å². The zero-order valence-electron chi connectivity index (χ0n) is 14.0. The van der Waals surface area contributed by atoms with Crippen molar-refractivity contribution in [3.05, 3.63) is 0 Å². The van der Waals surface area contributed by atoms with E-state index < -0.39 is 0 Å². The van der Waals surface area contributed by atoms with E-state index in [-0.39, 0.29) is 0 Å². The molecular formula is C17H34N2O. The molecule has 2 rings (SSSR count). The average molecular weight is 282 g/mol. The molecule has 0 spiro atoms. The van der Waals surface area contributed by atoms with Gasteiger partial charge in [0.15, 0.2) is 0 Å². The summed E-state index contributed by atoms with van der Waals surface area (Å²) >= 11 is 0. The number of hydrogen-bond donors (Lipinski definition) is 1. The Balaban J connectivity index is 2.08. The zero-order chi connectivity index (χ0) is 14.6. The summed E-state index contributed by atoms with van der Waals surface area (Å²) in [4.78, 5) is 2.76. The van der Waals surface area contributed by atoms with Gasteiger partial charge in [0.25, 0.3) is 0 Å². The van der Waals surface area contributed by atoms with Crippen LogP contribution in [0, 0.1) is 5.41 Å². The lowest BCUT2D eigenvalue weighted by atomic mass is 9.72. The number of rotatable bonds is 5. The molecule has 1 heterocycles. The van der Waals surface area contributed by atoms with Gasteiger partial charge in [0.05, 0.1) is 13.2 Å². The molecule has 1 saturated carbocycles. The molecule has 3 atom stereocenters. The molecule has 0 radical (unpaired) electrons. The second-order valence-electron chi connectivity index (χ2n) is 7.41. The van der Waals surface area contributed by atoms with Crippen LogP contribution in [0.1, 0.15) is 59.8 Å². The Bertz CT molecular complexity index is 293. The molecule has 1 saturated heterocycles. The maximum absolute atomic E-state index is 5.70. The van der Waals surface area contributed by atoms with E-state index in [2.05, 4.69) is 37.9 Å². The highest BCUT2D eigenvalue weighted by Crippen LogP contribution is 2.38. The van der Waals surface area contributed by atoms with Crippen molar-refractivity contribution in [2.45, 2.75) is 77.9 Å². The number of morpholine rings is 1. The van der Waals surface area contributed by atoms with Gasteiger partial charge in [0.2, 0.25) is 0 Å². The summed E-state index contributed by atoms with van der Waals surface area (Å²) in [6.07, 6.45) is 6.44. The molecule has 1 aliphatic carbocycles. The summed E-state index contributed by atoms with van der Waals surface area (Å²) in [6, 6.07) is 1.99. The van der Waals surface area contributed by atoms with E-state index in [1.165, 1.54) is 32.1 Å². The first kappa shape index (κ1) is 16.3. The predicted molar refractivity (Wildman–Crippen MR) is 85.1 cm³/mol. The number of nitrogens with zero attached hydrogens (tertiary/aromatic N) is 1. The van der Waals surface area contributed by atoms with Crippen molar-refractivity contribution in [2.24, 2.45) is 5.41 Å². The molecule has 20 heavy (non-hydrogen) atoms. The third kappa shape index (κ3) is 3.96. The average Bonchev–Trinajstić information content (AvgIpc) is 2.45. The molecule has 0 amide bonds. The third-order valence-corrected chi connectivity index (χ3v) is 5.19. The maximum Gasteiger partial charge on any atom is 0.0622 e. The molecular weight excluding hydrogens is 248 g/mol. The van der Waals surface area contributed by atoms with Crippen LogP contribution in [0.2, 0.25) is 0 Å². The molecule has 2 fully saturated rings. The Labute approximate surface area is 125 Å². The molecule has 0 aromatic heterocycles. The van der Waals surface area contributed by atoms with Gasteiger partial charge in [-0.2, -0.15) is 0 Å². The van der Waals surface area contributed by atoms with Crippen molar-refractivity contribution < 1.29 is 4.74 Å². The Morgan fingerprint density at radius 1 is 1.30 bits per heavy atom. The minimum absolute atomic E-state index is 0.492. The summed E-state index contributed by atoms with van der Waals surface area (Å²) in [5, 5.41) is 3.82. The molecule has 2 aliphatic rings. The minimum atomic E-state index is 0.492. The van der Waals surface area contributed by atoms with Crippen LogP contribution >= 0.6 is 0 Å². The van der Waals surface area contributed by atoms with Crippen LogP contribution in [0.25, 0.3) is 0 Å². The van der Waals surface area contributed by atoms with Gasteiger partial charge in [0.1, 0.15) is 0 Å². The molecule has 0 aromatic carbocycles. The first-order valence-electron chi connectivity index (χ1n) is 8.64. The summed E-state index contributed by atoms with van der Waals surface area (Å²) < 4.78 is 5.70. The highest BCUT2D eigenvalue weighted by molar-refractivity contribution is 4.96. The monoisotopic (exact) mass is 282 g/mol. The van der Waals surface area contributed by atoms with Crippen molar-refractivity contribution >= 4 is 0 Å². The Kier molecular flexibility index (Phi) is 5.88. The fourth-order valence-corrected chi connectivity index (χ4v) is 3.92. The summed E-state index contributed by atoms with van der Waals surface area (Å²) in [5.74, 6) is 0. The molecule has 1 aliphatic heterocycles. The van der Waals surface area contributed by atoms with Crippen LogP contribution in [-0.2, 0) is 4.74 Å². The number of ether oxygens (including phenoxy) is 1. The van der Waals surface area contributed by atoms with E-state index in [1.54, 1.807) is 0 Å². The van der Waals surface area contributed by atoms with E-state index >= 15 is 0 Å². The number of hydrogen-bond acceptors (Lipinski definition) is 3. The van der Waals surface area contributed by atoms with Crippen LogP contribution in [0.3, 0.4) is 0 Å². The molecule has 3 heteroatoms. The van der Waals surface area contributed by atoms with E-state index in [0.29, 0.717) is 23.5 Å². The molecule has 3 nitrogen and oxygen atoms in total. The van der Waals surface area contributed by atoms with Gasteiger partial charge in [-0.05, 0) is 44.1 Å². The van der Waals surface area contributed by atoms with Crippen LogP contribution in [0.15, 0.2) is 0 Å². The third-order valence-electron chi connectivity index (χ3n) is 5.19. The quantitative estimate of drug-likeness (QED) is 0.839. The van der Waals surface area contributed by atoms with Gasteiger partial charge in [-0.15, -0.1) is 0 Å².